The van der Waals surface area contributed by atoms with Crippen molar-refractivity contribution in [2.24, 2.45) is 0 Å². The van der Waals surface area contributed by atoms with Crippen molar-refractivity contribution >= 4 is 49.9 Å². The molecule has 0 radical (unpaired) electrons. The van der Waals surface area contributed by atoms with Gasteiger partial charge in [-0.15, -0.1) is 5.10 Å². The molecule has 8 heteroatoms. The van der Waals surface area contributed by atoms with Gasteiger partial charge in [0.05, 0.1) is 9.55 Å². The van der Waals surface area contributed by atoms with Gasteiger partial charge in [0.2, 0.25) is 4.96 Å². The van der Waals surface area contributed by atoms with Crippen molar-refractivity contribution in [1.82, 2.24) is 14.6 Å². The summed E-state index contributed by atoms with van der Waals surface area (Å²) in [6.45, 7) is 0. The lowest BCUT2D eigenvalue weighted by atomic mass is 10.2. The van der Waals surface area contributed by atoms with Gasteiger partial charge in [-0.25, -0.2) is 4.39 Å². The minimum Gasteiger partial charge on any atom is -0.266 e. The fourth-order valence-electron chi connectivity index (χ4n) is 2.33. The average Bonchev–Trinajstić information content (AvgIpc) is 3.12. The summed E-state index contributed by atoms with van der Waals surface area (Å²) in [5.74, 6) is -0.0206. The number of halogens is 3. The van der Waals surface area contributed by atoms with Gasteiger partial charge in [-0.2, -0.15) is 9.50 Å². The van der Waals surface area contributed by atoms with Crippen LogP contribution in [0.15, 0.2) is 51.7 Å². The molecule has 0 saturated heterocycles. The van der Waals surface area contributed by atoms with Gasteiger partial charge in [-0.3, -0.25) is 4.79 Å². The van der Waals surface area contributed by atoms with E-state index in [1.807, 2.05) is 24.3 Å². The molecule has 0 unspecified atom stereocenters. The van der Waals surface area contributed by atoms with Gasteiger partial charge >= 0.3 is 0 Å². The summed E-state index contributed by atoms with van der Waals surface area (Å²) in [6, 6.07) is 11.9. The highest BCUT2D eigenvalue weighted by Crippen LogP contribution is 2.21. The SMILES string of the molecule is O=c1/c(=C/c2c(F)cccc2Cl)sc2nc(-c3ccc(Br)cc3)nn12. The molecule has 0 atom stereocenters. The molecule has 2 aromatic carbocycles. The zero-order valence-electron chi connectivity index (χ0n) is 12.4. The second-order valence-corrected chi connectivity index (χ2v) is 7.52. The van der Waals surface area contributed by atoms with E-state index < -0.39 is 5.82 Å². The van der Waals surface area contributed by atoms with Gasteiger partial charge in [0.1, 0.15) is 5.82 Å². The lowest BCUT2D eigenvalue weighted by Gasteiger charge is -1.97. The maximum atomic E-state index is 13.9. The van der Waals surface area contributed by atoms with E-state index in [-0.39, 0.29) is 16.1 Å². The Balaban J connectivity index is 1.85. The predicted molar refractivity (Wildman–Crippen MR) is 100 cm³/mol. The van der Waals surface area contributed by atoms with Crippen LogP contribution in [-0.2, 0) is 0 Å². The third kappa shape index (κ3) is 2.99. The van der Waals surface area contributed by atoms with E-state index in [4.69, 9.17) is 11.6 Å². The molecule has 2 aromatic heterocycles. The Morgan fingerprint density at radius 3 is 2.64 bits per heavy atom. The maximum Gasteiger partial charge on any atom is 0.291 e. The van der Waals surface area contributed by atoms with Crippen molar-refractivity contribution in [3.8, 4) is 11.4 Å². The number of aromatic nitrogens is 3. The third-order valence-electron chi connectivity index (χ3n) is 3.56. The third-order valence-corrected chi connectivity index (χ3v) is 5.38. The van der Waals surface area contributed by atoms with Crippen LogP contribution in [0, 0.1) is 5.82 Å². The lowest BCUT2D eigenvalue weighted by Crippen LogP contribution is -2.23. The first-order chi connectivity index (χ1) is 12.0. The molecule has 0 bridgehead atoms. The second kappa shape index (κ2) is 6.33. The minimum absolute atomic E-state index is 0.180. The Kier molecular flexibility index (Phi) is 4.15. The van der Waals surface area contributed by atoms with Crippen molar-refractivity contribution in [1.29, 1.82) is 0 Å². The predicted octanol–water partition coefficient (Wildman–Crippen LogP) is 3.92. The summed E-state index contributed by atoms with van der Waals surface area (Å²) in [6.07, 6.45) is 1.43. The van der Waals surface area contributed by atoms with Gasteiger partial charge in [0.15, 0.2) is 5.82 Å². The lowest BCUT2D eigenvalue weighted by molar-refractivity contribution is 0.625. The first-order valence-corrected chi connectivity index (χ1v) is 9.13. The minimum atomic E-state index is -0.485. The monoisotopic (exact) mass is 435 g/mol. The van der Waals surface area contributed by atoms with Crippen molar-refractivity contribution < 1.29 is 4.39 Å². The topological polar surface area (TPSA) is 47.3 Å². The number of benzene rings is 2. The molecule has 2 heterocycles. The summed E-state index contributed by atoms with van der Waals surface area (Å²) in [4.78, 5) is 17.4. The number of rotatable bonds is 2. The highest BCUT2D eigenvalue weighted by molar-refractivity contribution is 9.10. The highest BCUT2D eigenvalue weighted by Gasteiger charge is 2.13. The molecule has 0 fully saturated rings. The zero-order chi connectivity index (χ0) is 17.6. The van der Waals surface area contributed by atoms with Crippen LogP contribution >= 0.6 is 38.9 Å². The first kappa shape index (κ1) is 16.4. The molecule has 0 amide bonds. The maximum absolute atomic E-state index is 13.9. The summed E-state index contributed by atoms with van der Waals surface area (Å²) in [7, 11) is 0. The fraction of sp³-hybridized carbons (Fsp3) is 0. The quantitative estimate of drug-likeness (QED) is 0.478. The van der Waals surface area contributed by atoms with E-state index in [1.54, 1.807) is 6.07 Å². The Morgan fingerprint density at radius 2 is 1.96 bits per heavy atom. The van der Waals surface area contributed by atoms with Crippen molar-refractivity contribution in [2.45, 2.75) is 0 Å². The fourth-order valence-corrected chi connectivity index (χ4v) is 3.71. The number of nitrogens with zero attached hydrogens (tertiary/aromatic N) is 3. The molecular weight excluding hydrogens is 429 g/mol. The molecule has 0 aliphatic heterocycles. The van der Waals surface area contributed by atoms with Gasteiger partial charge in [0, 0.05) is 15.6 Å². The Bertz CT molecular complexity index is 1180. The molecule has 4 aromatic rings. The van der Waals surface area contributed by atoms with Crippen LogP contribution in [0.1, 0.15) is 5.56 Å². The van der Waals surface area contributed by atoms with Crippen LogP contribution in [0.4, 0.5) is 4.39 Å². The van der Waals surface area contributed by atoms with Crippen LogP contribution in [0.5, 0.6) is 0 Å². The van der Waals surface area contributed by atoms with E-state index in [0.29, 0.717) is 15.3 Å². The van der Waals surface area contributed by atoms with Crippen LogP contribution in [0.25, 0.3) is 22.4 Å². The molecule has 0 aliphatic rings. The van der Waals surface area contributed by atoms with Gasteiger partial charge in [0.25, 0.3) is 5.56 Å². The Morgan fingerprint density at radius 1 is 1.20 bits per heavy atom. The Hall–Kier alpha value is -2.09. The molecule has 0 saturated carbocycles. The molecule has 124 valence electrons. The van der Waals surface area contributed by atoms with Crippen LogP contribution < -0.4 is 10.1 Å². The van der Waals surface area contributed by atoms with Gasteiger partial charge in [-0.1, -0.05) is 57.1 Å². The largest absolute Gasteiger partial charge is 0.291 e. The summed E-state index contributed by atoms with van der Waals surface area (Å²) < 4.78 is 16.4. The van der Waals surface area contributed by atoms with E-state index >= 15 is 0 Å². The molecule has 0 aliphatic carbocycles. The van der Waals surface area contributed by atoms with Crippen molar-refractivity contribution in [3.63, 3.8) is 0 Å². The van der Waals surface area contributed by atoms with E-state index in [9.17, 15) is 9.18 Å². The molecule has 0 spiro atoms. The first-order valence-electron chi connectivity index (χ1n) is 7.14. The molecule has 4 rings (SSSR count). The average molecular weight is 437 g/mol. The standard InChI is InChI=1S/C17H8BrClFN3OS/c18-10-6-4-9(5-7-10)15-21-17-23(22-15)16(24)14(25-17)8-11-12(19)2-1-3-13(11)20/h1-8H/b14-8-. The van der Waals surface area contributed by atoms with Crippen molar-refractivity contribution in [2.75, 3.05) is 0 Å². The molecule has 0 N–H and O–H groups in total. The molecular formula is C17H8BrClFN3OS. The van der Waals surface area contributed by atoms with Crippen LogP contribution in [-0.4, -0.2) is 14.6 Å². The number of hydrogen-bond donors (Lipinski definition) is 0. The van der Waals surface area contributed by atoms with E-state index in [0.717, 1.165) is 21.4 Å². The van der Waals surface area contributed by atoms with E-state index in [2.05, 4.69) is 26.0 Å². The van der Waals surface area contributed by atoms with Gasteiger partial charge < -0.3 is 0 Å². The summed E-state index contributed by atoms with van der Waals surface area (Å²) >= 11 is 10.5. The van der Waals surface area contributed by atoms with Crippen LogP contribution in [0.3, 0.4) is 0 Å². The zero-order valence-corrected chi connectivity index (χ0v) is 15.6. The summed E-state index contributed by atoms with van der Waals surface area (Å²) in [5.41, 5.74) is 0.635. The number of hydrogen-bond acceptors (Lipinski definition) is 4. The number of fused-ring (bicyclic) bond motifs is 1. The molecule has 4 nitrogen and oxygen atoms in total. The summed E-state index contributed by atoms with van der Waals surface area (Å²) in [5, 5.41) is 4.51. The molecule has 25 heavy (non-hydrogen) atoms. The van der Waals surface area contributed by atoms with E-state index in [1.165, 1.54) is 22.7 Å². The van der Waals surface area contributed by atoms with Gasteiger partial charge in [-0.05, 0) is 30.3 Å². The van der Waals surface area contributed by atoms with Crippen molar-refractivity contribution in [3.05, 3.63) is 78.2 Å². The normalized spacial score (nSPS) is 12.2. The number of thiazole rings is 1. The van der Waals surface area contributed by atoms with Crippen LogP contribution in [0.2, 0.25) is 5.02 Å². The highest BCUT2D eigenvalue weighted by atomic mass is 79.9. The smallest absolute Gasteiger partial charge is 0.266 e. The second-order valence-electron chi connectivity index (χ2n) is 5.19. The Labute approximate surface area is 158 Å².